The molecule has 1 unspecified atom stereocenters. The summed E-state index contributed by atoms with van der Waals surface area (Å²) in [5, 5.41) is 3.63. The third-order valence-corrected chi connectivity index (χ3v) is 3.68. The molecule has 114 valence electrons. The molecule has 0 spiro atoms. The van der Waals surface area contributed by atoms with Crippen LogP contribution in [0, 0.1) is 5.92 Å². The predicted octanol–water partition coefficient (Wildman–Crippen LogP) is 2.97. The van der Waals surface area contributed by atoms with Gasteiger partial charge in [-0.3, -0.25) is 4.98 Å². The van der Waals surface area contributed by atoms with Crippen LogP contribution in [0.2, 0.25) is 0 Å². The maximum Gasteiger partial charge on any atom is 0.0270 e. The lowest BCUT2D eigenvalue weighted by molar-refractivity contribution is 0.178. The second-order valence-corrected chi connectivity index (χ2v) is 7.03. The average molecular weight is 277 g/mol. The number of aromatic nitrogens is 1. The van der Waals surface area contributed by atoms with Crippen LogP contribution >= 0.6 is 0 Å². The van der Waals surface area contributed by atoms with Gasteiger partial charge in [0.05, 0.1) is 0 Å². The summed E-state index contributed by atoms with van der Waals surface area (Å²) >= 11 is 0. The molecule has 0 aliphatic carbocycles. The molecule has 3 nitrogen and oxygen atoms in total. The highest BCUT2D eigenvalue weighted by Crippen LogP contribution is 2.11. The minimum absolute atomic E-state index is 0.180. The lowest BCUT2D eigenvalue weighted by Crippen LogP contribution is -2.49. The van der Waals surface area contributed by atoms with Gasteiger partial charge in [0.1, 0.15) is 0 Å². The van der Waals surface area contributed by atoms with Crippen LogP contribution in [0.25, 0.3) is 0 Å². The van der Waals surface area contributed by atoms with E-state index in [0.29, 0.717) is 12.0 Å². The van der Waals surface area contributed by atoms with E-state index >= 15 is 0 Å². The monoisotopic (exact) mass is 277 g/mol. The SMILES string of the molecule is CC(C)C(CNC(C)(C)C)N(C)CCc1ccncc1. The summed E-state index contributed by atoms with van der Waals surface area (Å²) in [5.74, 6) is 0.646. The van der Waals surface area contributed by atoms with Crippen molar-refractivity contribution in [2.45, 2.75) is 52.6 Å². The van der Waals surface area contributed by atoms with Crippen molar-refractivity contribution in [3.63, 3.8) is 0 Å². The van der Waals surface area contributed by atoms with Crippen LogP contribution in [0.1, 0.15) is 40.2 Å². The van der Waals surface area contributed by atoms with Gasteiger partial charge in [0, 0.05) is 37.1 Å². The maximum atomic E-state index is 4.07. The van der Waals surface area contributed by atoms with E-state index in [4.69, 9.17) is 0 Å². The zero-order valence-corrected chi connectivity index (χ0v) is 14.0. The summed E-state index contributed by atoms with van der Waals surface area (Å²) in [6.07, 6.45) is 4.82. The highest BCUT2D eigenvalue weighted by Gasteiger charge is 2.20. The number of pyridine rings is 1. The summed E-state index contributed by atoms with van der Waals surface area (Å²) < 4.78 is 0. The molecule has 1 aromatic rings. The Bertz CT molecular complexity index is 368. The van der Waals surface area contributed by atoms with E-state index in [0.717, 1.165) is 19.5 Å². The van der Waals surface area contributed by atoms with Gasteiger partial charge in [0.2, 0.25) is 0 Å². The molecule has 0 bridgehead atoms. The van der Waals surface area contributed by atoms with E-state index in [-0.39, 0.29) is 5.54 Å². The van der Waals surface area contributed by atoms with Crippen molar-refractivity contribution < 1.29 is 0 Å². The summed E-state index contributed by atoms with van der Waals surface area (Å²) in [6, 6.07) is 4.77. The maximum absolute atomic E-state index is 4.07. The Hall–Kier alpha value is -0.930. The van der Waals surface area contributed by atoms with Gasteiger partial charge in [0.25, 0.3) is 0 Å². The molecule has 1 atom stereocenters. The van der Waals surface area contributed by atoms with Gasteiger partial charge in [-0.1, -0.05) is 13.8 Å². The van der Waals surface area contributed by atoms with Crippen molar-refractivity contribution in [2.75, 3.05) is 20.1 Å². The quantitative estimate of drug-likeness (QED) is 0.830. The van der Waals surface area contributed by atoms with Gasteiger partial charge < -0.3 is 10.2 Å². The number of nitrogens with one attached hydrogen (secondary N) is 1. The summed E-state index contributed by atoms with van der Waals surface area (Å²) in [4.78, 5) is 6.54. The molecule has 0 saturated carbocycles. The molecule has 0 amide bonds. The van der Waals surface area contributed by atoms with Crippen LogP contribution in [0.4, 0.5) is 0 Å². The standard InChI is InChI=1S/C17H31N3/c1-14(2)16(13-19-17(3,4)5)20(6)12-9-15-7-10-18-11-8-15/h7-8,10-11,14,16,19H,9,12-13H2,1-6H3. The molecule has 0 aliphatic heterocycles. The first-order valence-corrected chi connectivity index (χ1v) is 7.64. The van der Waals surface area contributed by atoms with Gasteiger partial charge >= 0.3 is 0 Å². The largest absolute Gasteiger partial charge is 0.311 e. The van der Waals surface area contributed by atoms with Crippen molar-refractivity contribution >= 4 is 0 Å². The lowest BCUT2D eigenvalue weighted by atomic mass is 10.0. The van der Waals surface area contributed by atoms with Gasteiger partial charge in [0.15, 0.2) is 0 Å². The molecule has 3 heteroatoms. The fourth-order valence-electron chi connectivity index (χ4n) is 2.33. The molecule has 0 saturated heterocycles. The fraction of sp³-hybridized carbons (Fsp3) is 0.706. The number of likely N-dealkylation sites (N-methyl/N-ethyl adjacent to an activating group) is 1. The third kappa shape index (κ3) is 6.49. The van der Waals surface area contributed by atoms with Crippen LogP contribution in [0.3, 0.4) is 0 Å². The van der Waals surface area contributed by atoms with Gasteiger partial charge in [-0.2, -0.15) is 0 Å². The lowest BCUT2D eigenvalue weighted by Gasteiger charge is -2.34. The normalized spacial score (nSPS) is 14.0. The molecule has 1 rings (SSSR count). The Morgan fingerprint density at radius 2 is 1.80 bits per heavy atom. The second kappa shape index (κ2) is 7.75. The number of hydrogen-bond acceptors (Lipinski definition) is 3. The smallest absolute Gasteiger partial charge is 0.0270 e. The first-order valence-electron chi connectivity index (χ1n) is 7.64. The first kappa shape index (κ1) is 17.1. The van der Waals surface area contributed by atoms with Crippen molar-refractivity contribution in [3.05, 3.63) is 30.1 Å². The zero-order chi connectivity index (χ0) is 15.2. The first-order chi connectivity index (χ1) is 9.29. The fourth-order valence-corrected chi connectivity index (χ4v) is 2.33. The van der Waals surface area contributed by atoms with Crippen LogP contribution < -0.4 is 5.32 Å². The zero-order valence-electron chi connectivity index (χ0n) is 14.0. The highest BCUT2D eigenvalue weighted by atomic mass is 15.2. The van der Waals surface area contributed by atoms with Gasteiger partial charge in [-0.25, -0.2) is 0 Å². The molecule has 0 fully saturated rings. The molecule has 0 aliphatic rings. The van der Waals surface area contributed by atoms with Crippen LogP contribution in [0.5, 0.6) is 0 Å². The molecular weight excluding hydrogens is 246 g/mol. The Labute approximate surface area is 124 Å². The second-order valence-electron chi connectivity index (χ2n) is 7.03. The minimum atomic E-state index is 0.180. The van der Waals surface area contributed by atoms with E-state index in [2.05, 4.69) is 69.0 Å². The Kier molecular flexibility index (Phi) is 6.63. The van der Waals surface area contributed by atoms with Crippen LogP contribution in [-0.4, -0.2) is 41.6 Å². The van der Waals surface area contributed by atoms with Gasteiger partial charge in [-0.05, 0) is 57.9 Å². The van der Waals surface area contributed by atoms with Crippen molar-refractivity contribution in [1.29, 1.82) is 0 Å². The minimum Gasteiger partial charge on any atom is -0.311 e. The van der Waals surface area contributed by atoms with Crippen LogP contribution in [-0.2, 0) is 6.42 Å². The molecular formula is C17H31N3. The molecule has 0 aromatic carbocycles. The number of hydrogen-bond donors (Lipinski definition) is 1. The number of nitrogens with zero attached hydrogens (tertiary/aromatic N) is 2. The highest BCUT2D eigenvalue weighted by molar-refractivity contribution is 5.09. The van der Waals surface area contributed by atoms with Crippen molar-refractivity contribution in [2.24, 2.45) is 5.92 Å². The Balaban J connectivity index is 2.49. The average Bonchev–Trinajstić information content (AvgIpc) is 2.36. The topological polar surface area (TPSA) is 28.2 Å². The van der Waals surface area contributed by atoms with Crippen molar-refractivity contribution in [1.82, 2.24) is 15.2 Å². The summed E-state index contributed by atoms with van der Waals surface area (Å²) in [5.41, 5.74) is 1.54. The van der Waals surface area contributed by atoms with E-state index in [9.17, 15) is 0 Å². The molecule has 0 radical (unpaired) electrons. The predicted molar refractivity (Wildman–Crippen MR) is 87.0 cm³/mol. The molecule has 1 aromatic heterocycles. The molecule has 1 heterocycles. The number of rotatable bonds is 7. The summed E-state index contributed by atoms with van der Waals surface area (Å²) in [7, 11) is 2.23. The van der Waals surface area contributed by atoms with Crippen molar-refractivity contribution in [3.8, 4) is 0 Å². The van der Waals surface area contributed by atoms with Crippen LogP contribution in [0.15, 0.2) is 24.5 Å². The third-order valence-electron chi connectivity index (χ3n) is 3.68. The Morgan fingerprint density at radius 1 is 1.20 bits per heavy atom. The van der Waals surface area contributed by atoms with E-state index in [1.54, 1.807) is 0 Å². The summed E-state index contributed by atoms with van der Waals surface area (Å²) in [6.45, 7) is 13.4. The molecule has 1 N–H and O–H groups in total. The van der Waals surface area contributed by atoms with E-state index < -0.39 is 0 Å². The van der Waals surface area contributed by atoms with Gasteiger partial charge in [-0.15, -0.1) is 0 Å². The van der Waals surface area contributed by atoms with E-state index in [1.807, 2.05) is 12.4 Å². The van der Waals surface area contributed by atoms with E-state index in [1.165, 1.54) is 5.56 Å². The Morgan fingerprint density at radius 3 is 2.30 bits per heavy atom. The molecule has 20 heavy (non-hydrogen) atoms.